The number of thiol groups is 2. The Morgan fingerprint density at radius 2 is 1.03 bits per heavy atom. The molecule has 3 aromatic carbocycles. The third kappa shape index (κ3) is 5.22. The molecule has 10 heteroatoms. The highest BCUT2D eigenvalue weighted by Gasteiger charge is 2.27. The lowest BCUT2D eigenvalue weighted by Crippen LogP contribution is -1.83. The maximum Gasteiger partial charge on any atom is 0.124 e. The number of nitrogens with zero attached hydrogens (tertiary/aromatic N) is 2. The predicted octanol–water partition coefficient (Wildman–Crippen LogP) is 8.39. The summed E-state index contributed by atoms with van der Waals surface area (Å²) in [6.45, 7) is 0. The van der Waals surface area contributed by atoms with Gasteiger partial charge in [0, 0.05) is 33.3 Å². The fourth-order valence-corrected chi connectivity index (χ4v) is 9.03. The van der Waals surface area contributed by atoms with Crippen LogP contribution in [0.3, 0.4) is 0 Å². The average molecular weight is 557 g/mol. The summed E-state index contributed by atoms with van der Waals surface area (Å²) in [5, 5.41) is 20.2. The van der Waals surface area contributed by atoms with Crippen LogP contribution in [0, 0.1) is 0 Å². The first-order valence-corrected chi connectivity index (χ1v) is 14.0. The molecule has 0 saturated heterocycles. The van der Waals surface area contributed by atoms with E-state index < -0.39 is 0 Å². The van der Waals surface area contributed by atoms with Crippen molar-refractivity contribution in [3.8, 4) is 11.5 Å². The lowest BCUT2D eigenvalue weighted by Gasteiger charge is -2.05. The van der Waals surface area contributed by atoms with Crippen LogP contribution in [0.15, 0.2) is 97.4 Å². The first kappa shape index (κ1) is 23.9. The molecule has 0 aromatic heterocycles. The lowest BCUT2D eigenvalue weighted by atomic mass is 10.2. The van der Waals surface area contributed by atoms with E-state index in [0.29, 0.717) is 22.5 Å². The summed E-state index contributed by atoms with van der Waals surface area (Å²) < 4.78 is 4.17. The maximum absolute atomic E-state index is 10.1. The molecule has 170 valence electrons. The van der Waals surface area contributed by atoms with Gasteiger partial charge in [-0.05, 0) is 36.4 Å². The monoisotopic (exact) mass is 556 g/mol. The smallest absolute Gasteiger partial charge is 0.124 e. The molecular formula is C24H16N2O2S6. The van der Waals surface area contributed by atoms with Crippen molar-refractivity contribution >= 4 is 96.1 Å². The van der Waals surface area contributed by atoms with E-state index in [1.165, 1.54) is 8.47 Å². The van der Waals surface area contributed by atoms with Gasteiger partial charge in [-0.3, -0.25) is 9.98 Å². The van der Waals surface area contributed by atoms with Crippen molar-refractivity contribution in [2.75, 3.05) is 0 Å². The summed E-state index contributed by atoms with van der Waals surface area (Å²) in [6, 6.07) is 18.1. The largest absolute Gasteiger partial charge is 0.507 e. The SMILES string of the molecule is Oc1ccccc1C=Nc1cc2c(cc1N=Cc1ccccc1O)SC(=C1SC(S)=C(S)S1)S2. The summed E-state index contributed by atoms with van der Waals surface area (Å²) >= 11 is 15.6. The van der Waals surface area contributed by atoms with Crippen LogP contribution in [-0.4, -0.2) is 22.6 Å². The first-order valence-electron chi connectivity index (χ1n) is 9.88. The number of phenolic OH excluding ortho intramolecular Hbond substituents is 2. The van der Waals surface area contributed by atoms with Gasteiger partial charge in [-0.2, -0.15) is 0 Å². The van der Waals surface area contributed by atoms with Crippen molar-refractivity contribution in [2.45, 2.75) is 9.79 Å². The molecule has 0 saturated carbocycles. The Morgan fingerprint density at radius 1 is 0.618 bits per heavy atom. The topological polar surface area (TPSA) is 65.2 Å². The molecule has 0 amide bonds. The fourth-order valence-electron chi connectivity index (χ4n) is 3.05. The number of rotatable bonds is 4. The Morgan fingerprint density at radius 3 is 1.47 bits per heavy atom. The van der Waals surface area contributed by atoms with E-state index >= 15 is 0 Å². The van der Waals surface area contributed by atoms with E-state index in [9.17, 15) is 10.2 Å². The standard InChI is InChI=1S/C24H16N2O2S6/c27-17-7-3-1-5-13(17)11-25-15-9-19-20(32-23(31-19)24-33-21(29)22(30)34-24)10-16(15)26-12-14-6-2-4-8-18(14)28/h1-12,27-30H. The second kappa shape index (κ2) is 10.4. The zero-order valence-electron chi connectivity index (χ0n) is 17.2. The molecule has 3 aromatic rings. The number of hydrogen-bond acceptors (Lipinski definition) is 10. The summed E-state index contributed by atoms with van der Waals surface area (Å²) in [7, 11) is 0. The van der Waals surface area contributed by atoms with Crippen molar-refractivity contribution in [1.82, 2.24) is 0 Å². The minimum absolute atomic E-state index is 0.163. The number of benzene rings is 3. The van der Waals surface area contributed by atoms with Crippen molar-refractivity contribution in [3.63, 3.8) is 0 Å². The van der Waals surface area contributed by atoms with E-state index in [4.69, 9.17) is 0 Å². The van der Waals surface area contributed by atoms with Gasteiger partial charge in [0.05, 0.1) is 28.3 Å². The average Bonchev–Trinajstić information content (AvgIpc) is 3.40. The zero-order valence-corrected chi connectivity index (χ0v) is 22.3. The number of aromatic hydroxyl groups is 2. The predicted molar refractivity (Wildman–Crippen MR) is 156 cm³/mol. The van der Waals surface area contributed by atoms with Crippen LogP contribution < -0.4 is 0 Å². The molecule has 0 fully saturated rings. The molecule has 5 rings (SSSR count). The van der Waals surface area contributed by atoms with Crippen LogP contribution in [0.2, 0.25) is 0 Å². The molecule has 2 aliphatic rings. The Hall–Kier alpha value is -1.82. The van der Waals surface area contributed by atoms with Crippen molar-refractivity contribution in [1.29, 1.82) is 0 Å². The van der Waals surface area contributed by atoms with Gasteiger partial charge in [-0.25, -0.2) is 0 Å². The van der Waals surface area contributed by atoms with E-state index in [-0.39, 0.29) is 11.5 Å². The maximum atomic E-state index is 10.1. The molecule has 0 radical (unpaired) electrons. The molecule has 0 spiro atoms. The first-order chi connectivity index (χ1) is 16.5. The zero-order chi connectivity index (χ0) is 23.7. The minimum atomic E-state index is 0.163. The molecule has 0 aliphatic carbocycles. The van der Waals surface area contributed by atoms with Crippen LogP contribution >= 0.6 is 72.3 Å². The second-order valence-corrected chi connectivity index (χ2v) is 13.2. The number of fused-ring (bicyclic) bond motifs is 1. The fraction of sp³-hybridized carbons (Fsp3) is 0. The van der Waals surface area contributed by atoms with E-state index in [2.05, 4.69) is 35.2 Å². The molecule has 0 unspecified atom stereocenters. The van der Waals surface area contributed by atoms with Crippen molar-refractivity contribution in [3.05, 3.63) is 88.7 Å². The third-order valence-electron chi connectivity index (χ3n) is 4.73. The molecule has 2 aliphatic heterocycles. The van der Waals surface area contributed by atoms with Crippen LogP contribution in [0.4, 0.5) is 11.4 Å². The van der Waals surface area contributed by atoms with Gasteiger partial charge in [0.15, 0.2) is 0 Å². The Bertz CT molecular complexity index is 1310. The lowest BCUT2D eigenvalue weighted by molar-refractivity contribution is 0.474. The van der Waals surface area contributed by atoms with E-state index in [0.717, 1.165) is 18.3 Å². The molecule has 0 bridgehead atoms. The van der Waals surface area contributed by atoms with Crippen molar-refractivity contribution in [2.24, 2.45) is 9.98 Å². The Labute approximate surface area is 225 Å². The van der Waals surface area contributed by atoms with Gasteiger partial charge >= 0.3 is 0 Å². The van der Waals surface area contributed by atoms with E-state index in [1.54, 1.807) is 95.9 Å². The van der Waals surface area contributed by atoms with Crippen LogP contribution in [0.25, 0.3) is 0 Å². The number of phenols is 2. The van der Waals surface area contributed by atoms with Gasteiger partial charge in [0.2, 0.25) is 0 Å². The molecule has 0 atom stereocenters. The number of aliphatic imine (C=N–C) groups is 2. The summed E-state index contributed by atoms with van der Waals surface area (Å²) in [6.07, 6.45) is 3.27. The highest BCUT2D eigenvalue weighted by Crippen LogP contribution is 2.62. The van der Waals surface area contributed by atoms with Crippen LogP contribution in [0.1, 0.15) is 11.1 Å². The quantitative estimate of drug-likeness (QED) is 0.191. The Balaban J connectivity index is 1.52. The second-order valence-electron chi connectivity index (χ2n) is 7.02. The molecule has 4 nitrogen and oxygen atoms in total. The van der Waals surface area contributed by atoms with E-state index in [1.807, 2.05) is 24.3 Å². The van der Waals surface area contributed by atoms with Gasteiger partial charge < -0.3 is 10.2 Å². The van der Waals surface area contributed by atoms with Gasteiger partial charge in [-0.15, -0.1) is 25.3 Å². The van der Waals surface area contributed by atoms with Gasteiger partial charge in [0.25, 0.3) is 0 Å². The minimum Gasteiger partial charge on any atom is -0.507 e. The molecule has 2 N–H and O–H groups in total. The molecule has 2 heterocycles. The molecule has 34 heavy (non-hydrogen) atoms. The number of hydrogen-bond donors (Lipinski definition) is 4. The summed E-state index contributed by atoms with van der Waals surface area (Å²) in [4.78, 5) is 11.5. The summed E-state index contributed by atoms with van der Waals surface area (Å²) in [5.41, 5.74) is 2.58. The van der Waals surface area contributed by atoms with Gasteiger partial charge in [0.1, 0.15) is 11.5 Å². The van der Waals surface area contributed by atoms with Crippen LogP contribution in [-0.2, 0) is 0 Å². The summed E-state index contributed by atoms with van der Waals surface area (Å²) in [5.74, 6) is 0.327. The number of thioether (sulfide) groups is 4. The Kier molecular flexibility index (Phi) is 7.33. The number of para-hydroxylation sites is 2. The van der Waals surface area contributed by atoms with Gasteiger partial charge in [-0.1, -0.05) is 71.3 Å². The normalized spacial score (nSPS) is 15.8. The highest BCUT2D eigenvalue weighted by molar-refractivity contribution is 8.39. The molecular weight excluding hydrogens is 541 g/mol. The van der Waals surface area contributed by atoms with Crippen molar-refractivity contribution < 1.29 is 10.2 Å². The van der Waals surface area contributed by atoms with Crippen LogP contribution in [0.5, 0.6) is 11.5 Å². The third-order valence-corrected chi connectivity index (χ3v) is 11.5. The highest BCUT2D eigenvalue weighted by atomic mass is 32.2.